The van der Waals surface area contributed by atoms with Crippen LogP contribution in [0.4, 0.5) is 5.82 Å². The lowest BCUT2D eigenvalue weighted by Crippen LogP contribution is -2.42. The van der Waals surface area contributed by atoms with Crippen LogP contribution in [0, 0.1) is 11.8 Å². The lowest BCUT2D eigenvalue weighted by atomic mass is 9.94. The lowest BCUT2D eigenvalue weighted by molar-refractivity contribution is -0.122. The van der Waals surface area contributed by atoms with E-state index in [2.05, 4.69) is 33.4 Å². The molecule has 0 aromatic carbocycles. The van der Waals surface area contributed by atoms with Crippen molar-refractivity contribution in [2.24, 2.45) is 17.6 Å². The van der Waals surface area contributed by atoms with Gasteiger partial charge in [-0.1, -0.05) is 18.2 Å². The molecule has 2 heterocycles. The first kappa shape index (κ1) is 17.0. The number of anilines is 1. The fourth-order valence-electron chi connectivity index (χ4n) is 3.71. The summed E-state index contributed by atoms with van der Waals surface area (Å²) in [6, 6.07) is 4.11. The van der Waals surface area contributed by atoms with E-state index in [1.807, 2.05) is 12.3 Å². The quantitative estimate of drug-likeness (QED) is 0.786. The number of allylic oxidation sites excluding steroid dienone is 2. The Balaban J connectivity index is 1.60. The Bertz CT molecular complexity index is 586. The molecule has 1 saturated heterocycles. The van der Waals surface area contributed by atoms with E-state index < -0.39 is 0 Å². The molecular formula is C19H28N4O. The van der Waals surface area contributed by atoms with E-state index >= 15 is 0 Å². The van der Waals surface area contributed by atoms with Crippen molar-refractivity contribution < 1.29 is 4.79 Å². The van der Waals surface area contributed by atoms with Crippen molar-refractivity contribution in [1.82, 2.24) is 10.3 Å². The van der Waals surface area contributed by atoms with Gasteiger partial charge in [-0.25, -0.2) is 4.98 Å². The molecule has 1 aromatic heterocycles. The second-order valence-electron chi connectivity index (χ2n) is 6.96. The highest BCUT2D eigenvalue weighted by Gasteiger charge is 2.25. The predicted octanol–water partition coefficient (Wildman–Crippen LogP) is 2.23. The molecule has 3 rings (SSSR count). The van der Waals surface area contributed by atoms with E-state index in [4.69, 9.17) is 5.73 Å². The van der Waals surface area contributed by atoms with Gasteiger partial charge in [-0.3, -0.25) is 4.79 Å². The van der Waals surface area contributed by atoms with Crippen molar-refractivity contribution in [3.63, 3.8) is 0 Å². The summed E-state index contributed by atoms with van der Waals surface area (Å²) in [5.74, 6) is 1.49. The van der Waals surface area contributed by atoms with Crippen LogP contribution in [0.15, 0.2) is 30.5 Å². The summed E-state index contributed by atoms with van der Waals surface area (Å²) >= 11 is 0. The number of hydrogen-bond donors (Lipinski definition) is 2. The third kappa shape index (κ3) is 4.35. The maximum absolute atomic E-state index is 11.5. The van der Waals surface area contributed by atoms with Crippen LogP contribution in [0.1, 0.15) is 37.7 Å². The fourth-order valence-corrected chi connectivity index (χ4v) is 3.71. The number of carbonyl (C=O) groups excluding carboxylic acids is 1. The van der Waals surface area contributed by atoms with Crippen molar-refractivity contribution in [3.8, 4) is 0 Å². The van der Waals surface area contributed by atoms with Crippen LogP contribution in [-0.4, -0.2) is 30.5 Å². The number of amides is 1. The van der Waals surface area contributed by atoms with Gasteiger partial charge in [-0.15, -0.1) is 0 Å². The summed E-state index contributed by atoms with van der Waals surface area (Å²) in [5, 5.41) is 3.59. The van der Waals surface area contributed by atoms with Crippen LogP contribution in [-0.2, 0) is 11.3 Å². The van der Waals surface area contributed by atoms with Gasteiger partial charge >= 0.3 is 0 Å². The zero-order valence-corrected chi connectivity index (χ0v) is 14.3. The SMILES string of the molecule is NC(=O)[C@H]1CCCN(c2ncccc2CNC[C@H]2CC=CCC2)C1. The number of aromatic nitrogens is 1. The molecule has 1 fully saturated rings. The summed E-state index contributed by atoms with van der Waals surface area (Å²) in [6.45, 7) is 3.50. The number of primary amides is 1. The monoisotopic (exact) mass is 328 g/mol. The highest BCUT2D eigenvalue weighted by atomic mass is 16.1. The summed E-state index contributed by atoms with van der Waals surface area (Å²) < 4.78 is 0. The third-order valence-corrected chi connectivity index (χ3v) is 5.12. The molecule has 1 aliphatic carbocycles. The number of carbonyl (C=O) groups is 1. The predicted molar refractivity (Wildman–Crippen MR) is 96.6 cm³/mol. The van der Waals surface area contributed by atoms with Gasteiger partial charge in [0, 0.05) is 31.4 Å². The number of nitrogens with one attached hydrogen (secondary N) is 1. The Labute approximate surface area is 144 Å². The number of piperidine rings is 1. The first-order valence-electron chi connectivity index (χ1n) is 9.08. The van der Waals surface area contributed by atoms with E-state index in [-0.39, 0.29) is 11.8 Å². The lowest BCUT2D eigenvalue weighted by Gasteiger charge is -2.33. The molecule has 0 bridgehead atoms. The van der Waals surface area contributed by atoms with Gasteiger partial charge < -0.3 is 16.0 Å². The standard InChI is InChI=1S/C19H28N4O/c20-18(24)17-9-5-11-23(14-17)19-16(8-4-10-22-19)13-21-12-15-6-2-1-3-7-15/h1-2,4,8,10,15,17,21H,3,5-7,9,11-14H2,(H2,20,24)/t15-,17-/m0/s1. The molecule has 3 N–H and O–H groups in total. The van der Waals surface area contributed by atoms with Crippen molar-refractivity contribution in [3.05, 3.63) is 36.0 Å². The second-order valence-corrected chi connectivity index (χ2v) is 6.96. The van der Waals surface area contributed by atoms with Crippen LogP contribution in [0.3, 0.4) is 0 Å². The molecule has 0 radical (unpaired) electrons. The molecule has 24 heavy (non-hydrogen) atoms. The second kappa shape index (κ2) is 8.29. The average Bonchev–Trinajstić information content (AvgIpc) is 2.63. The number of pyridine rings is 1. The Morgan fingerprint density at radius 3 is 3.08 bits per heavy atom. The summed E-state index contributed by atoms with van der Waals surface area (Å²) in [7, 11) is 0. The zero-order valence-electron chi connectivity index (χ0n) is 14.3. The number of hydrogen-bond acceptors (Lipinski definition) is 4. The fraction of sp³-hybridized carbons (Fsp3) is 0.579. The smallest absolute Gasteiger partial charge is 0.222 e. The summed E-state index contributed by atoms with van der Waals surface area (Å²) in [4.78, 5) is 18.3. The molecule has 1 aromatic rings. The zero-order chi connectivity index (χ0) is 16.8. The minimum atomic E-state index is -0.194. The number of nitrogens with zero attached hydrogens (tertiary/aromatic N) is 2. The van der Waals surface area contributed by atoms with Crippen LogP contribution < -0.4 is 16.0 Å². The first-order valence-corrected chi connectivity index (χ1v) is 9.08. The van der Waals surface area contributed by atoms with Crippen molar-refractivity contribution in [2.45, 2.75) is 38.6 Å². The van der Waals surface area contributed by atoms with Gasteiger partial charge in [-0.2, -0.15) is 0 Å². The molecule has 130 valence electrons. The average molecular weight is 328 g/mol. The summed E-state index contributed by atoms with van der Waals surface area (Å²) in [5.41, 5.74) is 6.71. The first-order chi connectivity index (χ1) is 11.7. The Kier molecular flexibility index (Phi) is 5.86. The molecule has 1 amide bonds. The van der Waals surface area contributed by atoms with Crippen LogP contribution >= 0.6 is 0 Å². The highest BCUT2D eigenvalue weighted by Crippen LogP contribution is 2.24. The summed E-state index contributed by atoms with van der Waals surface area (Å²) in [6.07, 6.45) is 11.9. The number of rotatable bonds is 6. The minimum Gasteiger partial charge on any atom is -0.369 e. The maximum atomic E-state index is 11.5. The van der Waals surface area contributed by atoms with Crippen LogP contribution in [0.5, 0.6) is 0 Å². The largest absolute Gasteiger partial charge is 0.369 e. The normalized spacial score (nSPS) is 24.1. The molecule has 2 atom stereocenters. The Hall–Kier alpha value is -1.88. The third-order valence-electron chi connectivity index (χ3n) is 5.12. The molecule has 2 aliphatic rings. The molecule has 0 unspecified atom stereocenters. The Morgan fingerprint density at radius 2 is 2.29 bits per heavy atom. The van der Waals surface area contributed by atoms with Crippen molar-refractivity contribution in [1.29, 1.82) is 0 Å². The van der Waals surface area contributed by atoms with Crippen LogP contribution in [0.2, 0.25) is 0 Å². The molecule has 5 nitrogen and oxygen atoms in total. The van der Waals surface area contributed by atoms with E-state index in [1.165, 1.54) is 24.8 Å². The number of nitrogens with two attached hydrogens (primary N) is 1. The van der Waals surface area contributed by atoms with Crippen LogP contribution in [0.25, 0.3) is 0 Å². The van der Waals surface area contributed by atoms with Gasteiger partial charge in [-0.05, 0) is 50.6 Å². The molecular weight excluding hydrogens is 300 g/mol. The Morgan fingerprint density at radius 1 is 1.38 bits per heavy atom. The topological polar surface area (TPSA) is 71.2 Å². The van der Waals surface area contributed by atoms with Crippen molar-refractivity contribution >= 4 is 11.7 Å². The molecule has 5 heteroatoms. The molecule has 0 spiro atoms. The van der Waals surface area contributed by atoms with E-state index in [0.29, 0.717) is 6.54 Å². The highest BCUT2D eigenvalue weighted by molar-refractivity contribution is 5.77. The maximum Gasteiger partial charge on any atom is 0.222 e. The van der Waals surface area contributed by atoms with Crippen molar-refractivity contribution in [2.75, 3.05) is 24.5 Å². The van der Waals surface area contributed by atoms with Gasteiger partial charge in [0.05, 0.1) is 5.92 Å². The molecule has 0 saturated carbocycles. The van der Waals surface area contributed by atoms with Gasteiger partial charge in [0.25, 0.3) is 0 Å². The van der Waals surface area contributed by atoms with E-state index in [0.717, 1.165) is 44.2 Å². The van der Waals surface area contributed by atoms with E-state index in [9.17, 15) is 4.79 Å². The van der Waals surface area contributed by atoms with Gasteiger partial charge in [0.15, 0.2) is 0 Å². The molecule has 1 aliphatic heterocycles. The van der Waals surface area contributed by atoms with E-state index in [1.54, 1.807) is 0 Å². The van der Waals surface area contributed by atoms with Gasteiger partial charge in [0.1, 0.15) is 5.82 Å². The van der Waals surface area contributed by atoms with Gasteiger partial charge in [0.2, 0.25) is 5.91 Å². The minimum absolute atomic E-state index is 0.0596.